The molecule has 2 nitrogen and oxygen atoms in total. The summed E-state index contributed by atoms with van der Waals surface area (Å²) in [4.78, 5) is 4.78. The third-order valence-electron chi connectivity index (χ3n) is 12.2. The minimum absolute atomic E-state index is 0.411. The van der Waals surface area contributed by atoms with E-state index in [0.29, 0.717) is 5.92 Å². The molecule has 0 saturated carbocycles. The van der Waals surface area contributed by atoms with Crippen LogP contribution in [-0.2, 0) is 0 Å². The van der Waals surface area contributed by atoms with Gasteiger partial charge in [-0.2, -0.15) is 0 Å². The Bertz CT molecular complexity index is 2850. The van der Waals surface area contributed by atoms with Gasteiger partial charge in [-0.25, -0.2) is 0 Å². The fourth-order valence-corrected chi connectivity index (χ4v) is 8.80. The second kappa shape index (κ2) is 17.9. The van der Waals surface area contributed by atoms with Crippen molar-refractivity contribution >= 4 is 34.0 Å². The van der Waals surface area contributed by atoms with Crippen LogP contribution in [0, 0.1) is 0 Å². The number of anilines is 5. The molecule has 0 heterocycles. The molecule has 2 aliphatic carbocycles. The molecule has 0 aromatic heterocycles. The molecule has 0 bridgehead atoms. The van der Waals surface area contributed by atoms with Crippen molar-refractivity contribution in [3.05, 3.63) is 266 Å². The second-order valence-electron chi connectivity index (χ2n) is 16.1. The van der Waals surface area contributed by atoms with Crippen LogP contribution in [0.1, 0.15) is 36.3 Å². The molecule has 2 aliphatic rings. The molecule has 0 saturated heterocycles. The average Bonchev–Trinajstić information content (AvgIpc) is 3.36. The number of allylic oxidation sites excluding steroid dienone is 8. The third kappa shape index (κ3) is 8.37. The van der Waals surface area contributed by atoms with Crippen molar-refractivity contribution in [1.82, 2.24) is 0 Å². The monoisotopic (exact) mass is 796 g/mol. The molecule has 0 N–H and O–H groups in total. The zero-order valence-corrected chi connectivity index (χ0v) is 34.8. The van der Waals surface area contributed by atoms with Gasteiger partial charge in [0.2, 0.25) is 0 Å². The number of hydrogen-bond acceptors (Lipinski definition) is 2. The zero-order valence-electron chi connectivity index (χ0n) is 34.8. The van der Waals surface area contributed by atoms with Crippen molar-refractivity contribution in [3.8, 4) is 33.4 Å². The quantitative estimate of drug-likeness (QED) is 0.129. The van der Waals surface area contributed by atoms with Gasteiger partial charge in [0.25, 0.3) is 0 Å². The topological polar surface area (TPSA) is 6.48 Å². The average molecular weight is 797 g/mol. The molecule has 0 spiro atoms. The lowest BCUT2D eigenvalue weighted by atomic mass is 9.92. The van der Waals surface area contributed by atoms with Crippen LogP contribution in [0.5, 0.6) is 0 Å². The Kier molecular flexibility index (Phi) is 11.1. The van der Waals surface area contributed by atoms with Crippen molar-refractivity contribution in [3.63, 3.8) is 0 Å². The van der Waals surface area contributed by atoms with Crippen LogP contribution in [0.4, 0.5) is 28.4 Å². The maximum absolute atomic E-state index is 2.42. The van der Waals surface area contributed by atoms with E-state index in [0.717, 1.165) is 47.7 Å². The Morgan fingerprint density at radius 1 is 0.323 bits per heavy atom. The van der Waals surface area contributed by atoms with Gasteiger partial charge in [0.05, 0.1) is 0 Å². The van der Waals surface area contributed by atoms with Crippen LogP contribution in [0.2, 0.25) is 0 Å². The van der Waals surface area contributed by atoms with E-state index >= 15 is 0 Å². The molecule has 62 heavy (non-hydrogen) atoms. The maximum atomic E-state index is 2.42. The van der Waals surface area contributed by atoms with Gasteiger partial charge < -0.3 is 9.80 Å². The number of nitrogens with zero attached hydrogens (tertiary/aromatic N) is 2. The van der Waals surface area contributed by atoms with Gasteiger partial charge in [0.15, 0.2) is 0 Å². The summed E-state index contributed by atoms with van der Waals surface area (Å²) in [5.74, 6) is 0.411. The molecule has 298 valence electrons. The summed E-state index contributed by atoms with van der Waals surface area (Å²) in [5, 5.41) is 0. The first-order chi connectivity index (χ1) is 30.7. The maximum Gasteiger partial charge on any atom is 0.0462 e. The highest BCUT2D eigenvalue weighted by Crippen LogP contribution is 2.40. The Balaban J connectivity index is 0.950. The van der Waals surface area contributed by atoms with E-state index in [1.54, 1.807) is 0 Å². The molecule has 2 heteroatoms. The van der Waals surface area contributed by atoms with E-state index in [1.807, 2.05) is 0 Å². The highest BCUT2D eigenvalue weighted by molar-refractivity contribution is 5.81. The molecule has 0 radical (unpaired) electrons. The lowest BCUT2D eigenvalue weighted by Gasteiger charge is -2.30. The van der Waals surface area contributed by atoms with E-state index in [-0.39, 0.29) is 0 Å². The SMILES string of the molecule is C1=CCC(c2ccc(N(c3ccc(-c4ccccc4)cc3)c3ccc(-c4ccc(N(C5=CC=C(c6ccccc6)CC5)c5ccc(-c6ccccc6)cc5)cc4)cc3)cc2)C=C1. The van der Waals surface area contributed by atoms with Gasteiger partial charge >= 0.3 is 0 Å². The summed E-state index contributed by atoms with van der Waals surface area (Å²) in [5.41, 5.74) is 18.2. The lowest BCUT2D eigenvalue weighted by molar-refractivity contribution is 0.854. The molecule has 0 fully saturated rings. The number of rotatable bonds is 11. The van der Waals surface area contributed by atoms with Gasteiger partial charge in [-0.15, -0.1) is 0 Å². The van der Waals surface area contributed by atoms with Gasteiger partial charge in [-0.05, 0) is 136 Å². The Morgan fingerprint density at radius 3 is 1.10 bits per heavy atom. The predicted octanol–water partition coefficient (Wildman–Crippen LogP) is 16.7. The van der Waals surface area contributed by atoms with Gasteiger partial charge in [0.1, 0.15) is 0 Å². The predicted molar refractivity (Wildman–Crippen MR) is 263 cm³/mol. The molecule has 8 aromatic carbocycles. The molecular weight excluding hydrogens is 749 g/mol. The summed E-state index contributed by atoms with van der Waals surface area (Å²) in [6.07, 6.45) is 16.4. The Labute approximate surface area is 366 Å². The van der Waals surface area contributed by atoms with E-state index in [2.05, 4.69) is 259 Å². The molecule has 8 aromatic rings. The van der Waals surface area contributed by atoms with Gasteiger partial charge in [0, 0.05) is 40.1 Å². The lowest BCUT2D eigenvalue weighted by Crippen LogP contribution is -2.17. The van der Waals surface area contributed by atoms with Crippen LogP contribution < -0.4 is 9.80 Å². The van der Waals surface area contributed by atoms with Crippen LogP contribution in [-0.4, -0.2) is 0 Å². The molecule has 0 aliphatic heterocycles. The van der Waals surface area contributed by atoms with E-state index in [9.17, 15) is 0 Å². The Morgan fingerprint density at radius 2 is 0.710 bits per heavy atom. The summed E-state index contributed by atoms with van der Waals surface area (Å²) >= 11 is 0. The van der Waals surface area contributed by atoms with Crippen molar-refractivity contribution in [2.24, 2.45) is 0 Å². The first kappa shape index (κ1) is 38.5. The number of hydrogen-bond donors (Lipinski definition) is 0. The summed E-state index contributed by atoms with van der Waals surface area (Å²) < 4.78 is 0. The van der Waals surface area contributed by atoms with Crippen molar-refractivity contribution < 1.29 is 0 Å². The summed E-state index contributed by atoms with van der Waals surface area (Å²) in [6, 6.07) is 77.0. The summed E-state index contributed by atoms with van der Waals surface area (Å²) in [6.45, 7) is 0. The molecule has 1 unspecified atom stereocenters. The molecule has 1 atom stereocenters. The van der Waals surface area contributed by atoms with Gasteiger partial charge in [-0.1, -0.05) is 182 Å². The Hall–Kier alpha value is -7.68. The van der Waals surface area contributed by atoms with E-state index in [1.165, 1.54) is 55.8 Å². The largest absolute Gasteiger partial charge is 0.314 e. The molecule has 0 amide bonds. The van der Waals surface area contributed by atoms with Crippen molar-refractivity contribution in [2.45, 2.75) is 25.2 Å². The highest BCUT2D eigenvalue weighted by atomic mass is 15.2. The van der Waals surface area contributed by atoms with Crippen molar-refractivity contribution in [1.29, 1.82) is 0 Å². The molecule has 10 rings (SSSR count). The van der Waals surface area contributed by atoms with Gasteiger partial charge in [-0.3, -0.25) is 0 Å². The number of benzene rings is 8. The van der Waals surface area contributed by atoms with Crippen molar-refractivity contribution in [2.75, 3.05) is 9.80 Å². The minimum Gasteiger partial charge on any atom is -0.314 e. The fraction of sp³-hybridized carbons (Fsp3) is 0.0667. The molecular formula is C60H48N2. The second-order valence-corrected chi connectivity index (χ2v) is 16.1. The smallest absolute Gasteiger partial charge is 0.0462 e. The first-order valence-corrected chi connectivity index (χ1v) is 21.7. The third-order valence-corrected chi connectivity index (χ3v) is 12.2. The fourth-order valence-electron chi connectivity index (χ4n) is 8.80. The zero-order chi connectivity index (χ0) is 41.5. The van der Waals surface area contributed by atoms with Crippen LogP contribution >= 0.6 is 0 Å². The van der Waals surface area contributed by atoms with E-state index in [4.69, 9.17) is 0 Å². The van der Waals surface area contributed by atoms with E-state index < -0.39 is 0 Å². The van der Waals surface area contributed by atoms with Crippen LogP contribution in [0.3, 0.4) is 0 Å². The first-order valence-electron chi connectivity index (χ1n) is 21.7. The standard InChI is InChI=1S/C60H48N2/c1-5-13-45(14-6-1)49-21-33-55(34-22-49)61(56-35-23-50(24-36-56)46-15-7-2-8-16-46)59-41-29-53(30-42-59)54-31-43-60(44-32-54)62(57-37-25-51(26-38-57)47-17-9-3-10-18-47)58-39-27-52(28-40-58)48-19-11-4-12-20-48/h1-19,21-23,25-35,37-44,48H,20,24,36H2. The van der Waals surface area contributed by atoms with Crippen LogP contribution in [0.15, 0.2) is 254 Å². The highest BCUT2D eigenvalue weighted by Gasteiger charge is 2.19. The summed E-state index contributed by atoms with van der Waals surface area (Å²) in [7, 11) is 0. The minimum atomic E-state index is 0.411. The normalized spacial score (nSPS) is 14.5. The van der Waals surface area contributed by atoms with Crippen LogP contribution in [0.25, 0.3) is 39.0 Å².